The summed E-state index contributed by atoms with van der Waals surface area (Å²) in [5, 5.41) is 9.90. The molecule has 0 saturated carbocycles. The van der Waals surface area contributed by atoms with Crippen molar-refractivity contribution in [2.45, 2.75) is 58.4 Å². The van der Waals surface area contributed by atoms with Gasteiger partial charge in [0.1, 0.15) is 0 Å². The molecule has 2 nitrogen and oxygen atoms in total. The van der Waals surface area contributed by atoms with Gasteiger partial charge in [0.2, 0.25) is 8.32 Å². The van der Waals surface area contributed by atoms with Crippen LogP contribution in [0, 0.1) is 5.92 Å². The van der Waals surface area contributed by atoms with Gasteiger partial charge in [-0.3, -0.25) is 0 Å². The second kappa shape index (κ2) is 4.30. The van der Waals surface area contributed by atoms with Crippen LogP contribution in [0.1, 0.15) is 33.1 Å². The molecule has 88 valence electrons. The summed E-state index contributed by atoms with van der Waals surface area (Å²) in [4.78, 5) is 0. The molecule has 0 heterocycles. The van der Waals surface area contributed by atoms with E-state index in [1.807, 2.05) is 13.8 Å². The van der Waals surface area contributed by atoms with E-state index in [0.29, 0.717) is 5.92 Å². The van der Waals surface area contributed by atoms with Crippen LogP contribution in [-0.4, -0.2) is 19.0 Å². The molecule has 0 amide bonds. The number of allylic oxidation sites excluding steroid dienone is 2. The summed E-state index contributed by atoms with van der Waals surface area (Å²) < 4.78 is 5.96. The van der Waals surface area contributed by atoms with E-state index < -0.39 is 13.9 Å². The van der Waals surface area contributed by atoms with Crippen LogP contribution in [0.4, 0.5) is 0 Å². The Hall–Kier alpha value is -0.283. The molecule has 1 atom stereocenters. The van der Waals surface area contributed by atoms with E-state index in [9.17, 15) is 5.11 Å². The molecular formula is C12H24O2Si. The molecule has 1 N–H and O–H groups in total. The molecule has 0 aromatic heterocycles. The quantitative estimate of drug-likeness (QED) is 0.751. The van der Waals surface area contributed by atoms with Crippen LogP contribution in [0.5, 0.6) is 0 Å². The SMILES string of the molecule is CC(C)(O)C1CC=C(O[Si](C)(C)C)CC1. The molecule has 0 spiro atoms. The van der Waals surface area contributed by atoms with E-state index in [0.717, 1.165) is 25.0 Å². The molecule has 0 fully saturated rings. The summed E-state index contributed by atoms with van der Waals surface area (Å²) in [6.45, 7) is 10.4. The maximum absolute atomic E-state index is 9.90. The lowest BCUT2D eigenvalue weighted by molar-refractivity contribution is 0.0108. The zero-order chi connectivity index (χ0) is 11.7. The standard InChI is InChI=1S/C12H24O2Si/c1-12(2,13)10-6-8-11(9-7-10)14-15(3,4)5/h8,10,13H,6-7,9H2,1-5H3. The fourth-order valence-corrected chi connectivity index (χ4v) is 2.91. The van der Waals surface area contributed by atoms with Crippen molar-refractivity contribution >= 4 is 8.32 Å². The molecule has 0 saturated heterocycles. The van der Waals surface area contributed by atoms with E-state index >= 15 is 0 Å². The van der Waals surface area contributed by atoms with Gasteiger partial charge in [0.25, 0.3) is 0 Å². The van der Waals surface area contributed by atoms with Crippen molar-refractivity contribution in [2.24, 2.45) is 5.92 Å². The summed E-state index contributed by atoms with van der Waals surface area (Å²) in [6, 6.07) is 0. The molecule has 0 aliphatic heterocycles. The van der Waals surface area contributed by atoms with Crippen molar-refractivity contribution in [3.05, 3.63) is 11.8 Å². The Kier molecular flexibility index (Phi) is 3.66. The normalized spacial score (nSPS) is 23.6. The Morgan fingerprint density at radius 3 is 2.33 bits per heavy atom. The minimum absolute atomic E-state index is 0.381. The highest BCUT2D eigenvalue weighted by molar-refractivity contribution is 6.70. The third kappa shape index (κ3) is 4.39. The monoisotopic (exact) mass is 228 g/mol. The number of rotatable bonds is 3. The van der Waals surface area contributed by atoms with E-state index in [1.54, 1.807) is 0 Å². The van der Waals surface area contributed by atoms with Gasteiger partial charge in [-0.25, -0.2) is 0 Å². The van der Waals surface area contributed by atoms with Crippen LogP contribution in [0.2, 0.25) is 19.6 Å². The Labute approximate surface area is 94.5 Å². The van der Waals surface area contributed by atoms with Crippen LogP contribution in [0.3, 0.4) is 0 Å². The number of hydrogen-bond donors (Lipinski definition) is 1. The van der Waals surface area contributed by atoms with Gasteiger partial charge < -0.3 is 9.53 Å². The van der Waals surface area contributed by atoms with E-state index in [-0.39, 0.29) is 0 Å². The second-order valence-corrected chi connectivity index (χ2v) is 10.4. The van der Waals surface area contributed by atoms with Gasteiger partial charge in [0.15, 0.2) is 0 Å². The maximum atomic E-state index is 9.90. The third-order valence-electron chi connectivity index (χ3n) is 2.81. The second-order valence-electron chi connectivity index (χ2n) is 6.01. The van der Waals surface area contributed by atoms with E-state index in [4.69, 9.17) is 4.43 Å². The van der Waals surface area contributed by atoms with E-state index in [1.165, 1.54) is 0 Å². The van der Waals surface area contributed by atoms with Crippen molar-refractivity contribution in [1.29, 1.82) is 0 Å². The first-order valence-corrected chi connectivity index (χ1v) is 9.20. The molecule has 0 aromatic rings. The zero-order valence-corrected chi connectivity index (χ0v) is 11.6. The fraction of sp³-hybridized carbons (Fsp3) is 0.833. The molecule has 1 aliphatic carbocycles. The van der Waals surface area contributed by atoms with Crippen LogP contribution >= 0.6 is 0 Å². The number of hydrogen-bond acceptors (Lipinski definition) is 2. The van der Waals surface area contributed by atoms with Gasteiger partial charge in [-0.15, -0.1) is 0 Å². The summed E-state index contributed by atoms with van der Waals surface area (Å²) in [7, 11) is -1.44. The van der Waals surface area contributed by atoms with Gasteiger partial charge in [0, 0.05) is 6.42 Å². The maximum Gasteiger partial charge on any atom is 0.241 e. The topological polar surface area (TPSA) is 29.5 Å². The first-order chi connectivity index (χ1) is 6.68. The van der Waals surface area contributed by atoms with Gasteiger partial charge in [-0.1, -0.05) is 0 Å². The third-order valence-corrected chi connectivity index (χ3v) is 3.68. The smallest absolute Gasteiger partial charge is 0.241 e. The molecule has 0 aromatic carbocycles. The summed E-state index contributed by atoms with van der Waals surface area (Å²) in [5.41, 5.74) is -0.554. The molecule has 1 aliphatic rings. The summed E-state index contributed by atoms with van der Waals surface area (Å²) in [6.07, 6.45) is 5.15. The fourth-order valence-electron chi connectivity index (χ4n) is 1.94. The zero-order valence-electron chi connectivity index (χ0n) is 10.6. The molecule has 3 heteroatoms. The van der Waals surface area contributed by atoms with Gasteiger partial charge in [-0.2, -0.15) is 0 Å². The Morgan fingerprint density at radius 1 is 1.40 bits per heavy atom. The molecule has 15 heavy (non-hydrogen) atoms. The molecule has 0 bridgehead atoms. The van der Waals surface area contributed by atoms with Crippen LogP contribution in [0.15, 0.2) is 11.8 Å². The van der Waals surface area contributed by atoms with Crippen molar-refractivity contribution in [3.8, 4) is 0 Å². The lowest BCUT2D eigenvalue weighted by Gasteiger charge is -2.33. The summed E-state index contributed by atoms with van der Waals surface area (Å²) in [5.74, 6) is 1.53. The Morgan fingerprint density at radius 2 is 2.00 bits per heavy atom. The van der Waals surface area contributed by atoms with Crippen molar-refractivity contribution in [1.82, 2.24) is 0 Å². The first-order valence-electron chi connectivity index (χ1n) is 5.79. The molecule has 1 rings (SSSR count). The Balaban J connectivity index is 2.53. The average Bonchev–Trinajstić information content (AvgIpc) is 2.00. The number of aliphatic hydroxyl groups is 1. The highest BCUT2D eigenvalue weighted by Gasteiger charge is 2.29. The van der Waals surface area contributed by atoms with E-state index in [2.05, 4.69) is 25.7 Å². The predicted octanol–water partition coefficient (Wildman–Crippen LogP) is 3.29. The molecule has 0 radical (unpaired) electrons. The highest BCUT2D eigenvalue weighted by Crippen LogP contribution is 2.32. The lowest BCUT2D eigenvalue weighted by atomic mass is 9.81. The minimum Gasteiger partial charge on any atom is -0.548 e. The predicted molar refractivity (Wildman–Crippen MR) is 66.2 cm³/mol. The average molecular weight is 228 g/mol. The van der Waals surface area contributed by atoms with Crippen LogP contribution in [0.25, 0.3) is 0 Å². The largest absolute Gasteiger partial charge is 0.548 e. The highest BCUT2D eigenvalue weighted by atomic mass is 28.4. The van der Waals surface area contributed by atoms with Crippen LogP contribution < -0.4 is 0 Å². The van der Waals surface area contributed by atoms with Crippen molar-refractivity contribution in [3.63, 3.8) is 0 Å². The first kappa shape index (κ1) is 12.8. The van der Waals surface area contributed by atoms with Gasteiger partial charge in [0.05, 0.1) is 11.4 Å². The molecular weight excluding hydrogens is 204 g/mol. The van der Waals surface area contributed by atoms with Crippen molar-refractivity contribution in [2.75, 3.05) is 0 Å². The minimum atomic E-state index is -1.44. The molecule has 1 unspecified atom stereocenters. The van der Waals surface area contributed by atoms with Gasteiger partial charge in [-0.05, 0) is 58.3 Å². The summed E-state index contributed by atoms with van der Waals surface area (Å²) >= 11 is 0. The lowest BCUT2D eigenvalue weighted by Crippen LogP contribution is -2.33. The van der Waals surface area contributed by atoms with Crippen molar-refractivity contribution < 1.29 is 9.53 Å². The Bertz CT molecular complexity index is 245. The van der Waals surface area contributed by atoms with Gasteiger partial charge >= 0.3 is 0 Å². The van der Waals surface area contributed by atoms with Crippen LogP contribution in [-0.2, 0) is 4.43 Å².